The maximum atomic E-state index is 12.7. The van der Waals surface area contributed by atoms with Crippen molar-refractivity contribution in [2.24, 2.45) is 0 Å². The monoisotopic (exact) mass is 375 g/mol. The number of nitrogens with one attached hydrogen (secondary N) is 1. The maximum Gasteiger partial charge on any atom is 0.252 e. The average Bonchev–Trinajstić information content (AvgIpc) is 2.85. The van der Waals surface area contributed by atoms with E-state index in [-0.39, 0.29) is 18.2 Å². The summed E-state index contributed by atoms with van der Waals surface area (Å²) in [4.78, 5) is 28.7. The van der Waals surface area contributed by atoms with Gasteiger partial charge in [-0.05, 0) is 37.7 Å². The van der Waals surface area contributed by atoms with Gasteiger partial charge in [-0.1, -0.05) is 50.8 Å². The molecule has 0 aliphatic carbocycles. The lowest BCUT2D eigenvalue weighted by atomic mass is 10.1. The van der Waals surface area contributed by atoms with Crippen LogP contribution in [-0.2, 0) is 9.59 Å². The summed E-state index contributed by atoms with van der Waals surface area (Å²) < 4.78 is 0. The van der Waals surface area contributed by atoms with Crippen molar-refractivity contribution in [2.75, 3.05) is 18.4 Å². The van der Waals surface area contributed by atoms with Crippen molar-refractivity contribution < 1.29 is 9.59 Å². The number of amides is 2. The Morgan fingerprint density at radius 1 is 1.12 bits per heavy atom. The van der Waals surface area contributed by atoms with Crippen molar-refractivity contribution in [3.8, 4) is 0 Å². The molecule has 2 amide bonds. The highest BCUT2D eigenvalue weighted by Gasteiger charge is 2.42. The van der Waals surface area contributed by atoms with Crippen molar-refractivity contribution in [3.63, 3.8) is 0 Å². The highest BCUT2D eigenvalue weighted by atomic mass is 32.1. The molecule has 1 aliphatic rings. The third kappa shape index (κ3) is 5.27. The first kappa shape index (κ1) is 20.4. The molecule has 1 aliphatic heterocycles. The van der Waals surface area contributed by atoms with Gasteiger partial charge in [-0.25, -0.2) is 0 Å². The van der Waals surface area contributed by atoms with Crippen molar-refractivity contribution in [3.05, 3.63) is 30.3 Å². The summed E-state index contributed by atoms with van der Waals surface area (Å²) in [5.74, 6) is -0.222. The van der Waals surface area contributed by atoms with Crippen LogP contribution in [0.1, 0.15) is 52.4 Å². The minimum absolute atomic E-state index is 0.0609. The van der Waals surface area contributed by atoms with Crippen LogP contribution < -0.4 is 5.32 Å². The molecule has 142 valence electrons. The number of unbranched alkanes of at least 4 members (excludes halogenated alkanes) is 4. The molecule has 2 rings (SSSR count). The number of hydrogen-bond donors (Lipinski definition) is 1. The first-order chi connectivity index (χ1) is 12.6. The predicted octanol–water partition coefficient (Wildman–Crippen LogP) is 3.80. The summed E-state index contributed by atoms with van der Waals surface area (Å²) in [6.07, 6.45) is 5.86. The largest absolute Gasteiger partial charge is 0.336 e. The molecule has 0 radical (unpaired) electrons. The second-order valence-electron chi connectivity index (χ2n) is 6.61. The Morgan fingerprint density at radius 2 is 1.81 bits per heavy atom. The lowest BCUT2D eigenvalue weighted by Gasteiger charge is -2.23. The molecule has 5 nitrogen and oxygen atoms in total. The summed E-state index contributed by atoms with van der Waals surface area (Å²) in [6.45, 7) is 5.37. The first-order valence-corrected chi connectivity index (χ1v) is 9.96. The predicted molar refractivity (Wildman–Crippen MR) is 109 cm³/mol. The molecule has 0 aromatic heterocycles. The molecule has 1 saturated heterocycles. The summed E-state index contributed by atoms with van der Waals surface area (Å²) in [6, 6.07) is 8.82. The van der Waals surface area contributed by atoms with E-state index in [2.05, 4.69) is 12.2 Å². The van der Waals surface area contributed by atoms with Crippen molar-refractivity contribution >= 4 is 34.8 Å². The van der Waals surface area contributed by atoms with Gasteiger partial charge in [0.15, 0.2) is 5.11 Å². The van der Waals surface area contributed by atoms with Gasteiger partial charge in [0.25, 0.3) is 5.91 Å². The maximum absolute atomic E-state index is 12.7. The number of anilines is 1. The minimum atomic E-state index is -0.489. The van der Waals surface area contributed by atoms with E-state index in [9.17, 15) is 9.59 Å². The van der Waals surface area contributed by atoms with Gasteiger partial charge >= 0.3 is 0 Å². The van der Waals surface area contributed by atoms with Crippen molar-refractivity contribution in [2.45, 2.75) is 58.4 Å². The molecule has 1 aromatic carbocycles. The third-order valence-corrected chi connectivity index (χ3v) is 5.11. The van der Waals surface area contributed by atoms with Gasteiger partial charge in [0.2, 0.25) is 5.91 Å². The number of benzene rings is 1. The fourth-order valence-corrected chi connectivity index (χ4v) is 3.67. The number of carbonyl (C=O) groups excluding carboxylic acids is 2. The van der Waals surface area contributed by atoms with Gasteiger partial charge in [0.05, 0.1) is 6.42 Å². The number of thiocarbonyl (C=S) groups is 1. The summed E-state index contributed by atoms with van der Waals surface area (Å²) in [5, 5.41) is 3.42. The molecule has 0 bridgehead atoms. The van der Waals surface area contributed by atoms with Crippen LogP contribution >= 0.6 is 12.2 Å². The minimum Gasteiger partial charge on any atom is -0.336 e. The molecular weight excluding hydrogens is 346 g/mol. The van der Waals surface area contributed by atoms with Crippen LogP contribution in [0.2, 0.25) is 0 Å². The van der Waals surface area contributed by atoms with E-state index >= 15 is 0 Å². The van der Waals surface area contributed by atoms with Crippen LogP contribution in [0, 0.1) is 0 Å². The molecule has 26 heavy (non-hydrogen) atoms. The highest BCUT2D eigenvalue weighted by molar-refractivity contribution is 7.80. The number of nitrogens with zero attached hydrogens (tertiary/aromatic N) is 2. The summed E-state index contributed by atoms with van der Waals surface area (Å²) in [5.41, 5.74) is 0.740. The first-order valence-electron chi connectivity index (χ1n) is 9.55. The Kier molecular flexibility index (Phi) is 8.04. The lowest BCUT2D eigenvalue weighted by Crippen LogP contribution is -2.38. The average molecular weight is 376 g/mol. The molecular formula is C20H29N3O2S. The quantitative estimate of drug-likeness (QED) is 0.499. The normalized spacial score (nSPS) is 17.1. The van der Waals surface area contributed by atoms with Crippen LogP contribution in [0.25, 0.3) is 0 Å². The number of rotatable bonds is 10. The Balaban J connectivity index is 1.98. The summed E-state index contributed by atoms with van der Waals surface area (Å²) >= 11 is 5.50. The Hall–Kier alpha value is -1.95. The topological polar surface area (TPSA) is 52.7 Å². The zero-order valence-electron chi connectivity index (χ0n) is 15.7. The molecule has 1 heterocycles. The zero-order chi connectivity index (χ0) is 18.9. The lowest BCUT2D eigenvalue weighted by molar-refractivity contribution is -0.130. The van der Waals surface area contributed by atoms with Crippen LogP contribution in [0.3, 0.4) is 0 Å². The molecule has 1 atom stereocenters. The van der Waals surface area contributed by atoms with E-state index in [0.29, 0.717) is 11.7 Å². The second kappa shape index (κ2) is 10.3. The number of hydrogen-bond acceptors (Lipinski definition) is 3. The fraction of sp³-hybridized carbons (Fsp3) is 0.550. The van der Waals surface area contributed by atoms with Crippen LogP contribution in [0.4, 0.5) is 5.69 Å². The van der Waals surface area contributed by atoms with Gasteiger partial charge in [-0.15, -0.1) is 0 Å². The van der Waals surface area contributed by atoms with E-state index in [1.54, 1.807) is 4.90 Å². The Morgan fingerprint density at radius 3 is 2.46 bits per heavy atom. The van der Waals surface area contributed by atoms with E-state index < -0.39 is 6.04 Å². The molecule has 0 saturated carbocycles. The van der Waals surface area contributed by atoms with Crippen molar-refractivity contribution in [1.82, 2.24) is 9.80 Å². The molecule has 1 fully saturated rings. The number of carbonyl (C=O) groups is 2. The highest BCUT2D eigenvalue weighted by Crippen LogP contribution is 2.22. The molecule has 0 spiro atoms. The van der Waals surface area contributed by atoms with Crippen molar-refractivity contribution in [1.29, 1.82) is 0 Å². The van der Waals surface area contributed by atoms with Gasteiger partial charge in [-0.3, -0.25) is 14.5 Å². The number of likely N-dealkylation sites (N-methyl/N-ethyl adjacent to an activating group) is 1. The van der Waals surface area contributed by atoms with E-state index in [1.807, 2.05) is 42.2 Å². The van der Waals surface area contributed by atoms with Gasteiger partial charge in [-0.2, -0.15) is 0 Å². The van der Waals surface area contributed by atoms with Gasteiger partial charge < -0.3 is 10.2 Å². The number of para-hydroxylation sites is 1. The summed E-state index contributed by atoms with van der Waals surface area (Å²) in [7, 11) is 0. The molecule has 1 unspecified atom stereocenters. The SMILES string of the molecule is CCCCCCCN1C(=S)N(CC)C(=O)C1CC(=O)Nc1ccccc1. The second-order valence-corrected chi connectivity index (χ2v) is 6.97. The van der Waals surface area contributed by atoms with Gasteiger partial charge in [0, 0.05) is 18.8 Å². The molecule has 1 aromatic rings. The van der Waals surface area contributed by atoms with E-state index in [4.69, 9.17) is 12.2 Å². The zero-order valence-corrected chi connectivity index (χ0v) is 16.6. The van der Waals surface area contributed by atoms with E-state index in [0.717, 1.165) is 25.1 Å². The van der Waals surface area contributed by atoms with Gasteiger partial charge in [0.1, 0.15) is 6.04 Å². The van der Waals surface area contributed by atoms with E-state index in [1.165, 1.54) is 19.3 Å². The molecule has 6 heteroatoms. The molecule has 1 N–H and O–H groups in total. The third-order valence-electron chi connectivity index (χ3n) is 4.66. The Labute approximate surface area is 161 Å². The van der Waals surface area contributed by atoms with Crippen LogP contribution in [0.15, 0.2) is 30.3 Å². The fourth-order valence-electron chi connectivity index (χ4n) is 3.23. The Bertz CT molecular complexity index is 621. The van der Waals surface area contributed by atoms with Crippen LogP contribution in [-0.4, -0.2) is 45.9 Å². The van der Waals surface area contributed by atoms with Crippen LogP contribution in [0.5, 0.6) is 0 Å². The standard InChI is InChI=1S/C20H29N3O2S/c1-3-5-6-7-11-14-23-17(19(25)22(4-2)20(23)26)15-18(24)21-16-12-9-8-10-13-16/h8-10,12-13,17H,3-7,11,14-15H2,1-2H3,(H,21,24). The smallest absolute Gasteiger partial charge is 0.252 e.